The van der Waals surface area contributed by atoms with Crippen molar-refractivity contribution in [2.24, 2.45) is 0 Å². The van der Waals surface area contributed by atoms with E-state index in [2.05, 4.69) is 4.98 Å². The van der Waals surface area contributed by atoms with Crippen LogP contribution in [0.1, 0.15) is 35.3 Å². The first-order valence-corrected chi connectivity index (χ1v) is 10.4. The predicted molar refractivity (Wildman–Crippen MR) is 121 cm³/mol. The topological polar surface area (TPSA) is 70.5 Å². The number of hydrogen-bond acceptors (Lipinski definition) is 4. The summed E-state index contributed by atoms with van der Waals surface area (Å²) >= 11 is 6.29. The van der Waals surface area contributed by atoms with Crippen molar-refractivity contribution in [1.82, 2.24) is 4.98 Å². The molecule has 1 atom stereocenters. The van der Waals surface area contributed by atoms with Gasteiger partial charge in [0.2, 0.25) is 0 Å². The Kier molecular flexibility index (Phi) is 5.61. The number of aromatic nitrogens is 1. The summed E-state index contributed by atoms with van der Waals surface area (Å²) in [4.78, 5) is 31.9. The number of amides is 1. The number of benzene rings is 2. The summed E-state index contributed by atoms with van der Waals surface area (Å²) in [5.74, 6) is -1.72. The van der Waals surface area contributed by atoms with Gasteiger partial charge in [-0.1, -0.05) is 54.9 Å². The largest absolute Gasteiger partial charge is 0.507 e. The Labute approximate surface area is 185 Å². The maximum Gasteiger partial charge on any atom is 0.300 e. The van der Waals surface area contributed by atoms with E-state index in [-0.39, 0.29) is 11.3 Å². The normalized spacial score (nSPS) is 17.9. The summed E-state index contributed by atoms with van der Waals surface area (Å²) in [7, 11) is 0. The monoisotopic (exact) mass is 432 g/mol. The molecule has 0 bridgehead atoms. The molecular formula is C25H21ClN2O3. The smallest absolute Gasteiger partial charge is 0.300 e. The van der Waals surface area contributed by atoms with Gasteiger partial charge in [0.15, 0.2) is 0 Å². The van der Waals surface area contributed by atoms with E-state index >= 15 is 0 Å². The fourth-order valence-electron chi connectivity index (χ4n) is 3.70. The van der Waals surface area contributed by atoms with Gasteiger partial charge >= 0.3 is 0 Å². The van der Waals surface area contributed by atoms with Crippen LogP contribution in [0.5, 0.6) is 0 Å². The second kappa shape index (κ2) is 8.36. The van der Waals surface area contributed by atoms with Gasteiger partial charge in [0, 0.05) is 22.5 Å². The van der Waals surface area contributed by atoms with Gasteiger partial charge in [-0.25, -0.2) is 0 Å². The van der Waals surface area contributed by atoms with Crippen molar-refractivity contribution in [3.63, 3.8) is 0 Å². The minimum absolute atomic E-state index is 0.00430. The number of nitrogens with zero attached hydrogens (tertiary/aromatic N) is 2. The van der Waals surface area contributed by atoms with Crippen molar-refractivity contribution >= 4 is 34.7 Å². The molecule has 1 aliphatic rings. The van der Waals surface area contributed by atoms with E-state index in [0.29, 0.717) is 22.0 Å². The number of aryl methyl sites for hydroxylation is 2. The molecule has 2 aromatic carbocycles. The van der Waals surface area contributed by atoms with Crippen LogP contribution in [0.2, 0.25) is 5.02 Å². The standard InChI is InChI=1S/C25H21ClN2O3/c1-3-16-8-10-17(11-9-16)23(29)21-22(20-6-4-5-13-27-20)28(25(31)24(21)30)18-12-7-15(2)19(26)14-18/h4-14,22,29H,3H2,1-2H3/b23-21+. The molecule has 1 fully saturated rings. The Morgan fingerprint density at radius 2 is 1.84 bits per heavy atom. The Bertz CT molecular complexity index is 1190. The number of halogens is 1. The lowest BCUT2D eigenvalue weighted by Gasteiger charge is -2.25. The third kappa shape index (κ3) is 3.73. The second-order valence-electron chi connectivity index (χ2n) is 7.41. The van der Waals surface area contributed by atoms with Gasteiger partial charge in [-0.15, -0.1) is 0 Å². The maximum absolute atomic E-state index is 13.1. The van der Waals surface area contributed by atoms with Crippen LogP contribution in [0.3, 0.4) is 0 Å². The molecule has 4 rings (SSSR count). The summed E-state index contributed by atoms with van der Waals surface area (Å²) in [6, 6.07) is 16.8. The zero-order valence-electron chi connectivity index (χ0n) is 17.2. The molecule has 0 radical (unpaired) electrons. The quantitative estimate of drug-likeness (QED) is 0.348. The van der Waals surface area contributed by atoms with E-state index in [4.69, 9.17) is 11.6 Å². The first-order valence-electron chi connectivity index (χ1n) is 9.99. The average Bonchev–Trinajstić information content (AvgIpc) is 3.06. The van der Waals surface area contributed by atoms with Gasteiger partial charge in [0.25, 0.3) is 11.7 Å². The van der Waals surface area contributed by atoms with Gasteiger partial charge < -0.3 is 5.11 Å². The van der Waals surface area contributed by atoms with Gasteiger partial charge in [0.05, 0.1) is 11.3 Å². The predicted octanol–water partition coefficient (Wildman–Crippen LogP) is 5.23. The summed E-state index contributed by atoms with van der Waals surface area (Å²) < 4.78 is 0. The molecular weight excluding hydrogens is 412 g/mol. The third-order valence-electron chi connectivity index (χ3n) is 5.48. The number of pyridine rings is 1. The first-order chi connectivity index (χ1) is 14.9. The zero-order valence-corrected chi connectivity index (χ0v) is 17.9. The highest BCUT2D eigenvalue weighted by atomic mass is 35.5. The van der Waals surface area contributed by atoms with Crippen molar-refractivity contribution in [3.8, 4) is 0 Å². The van der Waals surface area contributed by atoms with Crippen LogP contribution in [0, 0.1) is 6.92 Å². The molecule has 0 aliphatic carbocycles. The Balaban J connectivity index is 1.92. The molecule has 6 heteroatoms. The van der Waals surface area contributed by atoms with Crippen molar-refractivity contribution in [3.05, 3.63) is 99.8 Å². The highest BCUT2D eigenvalue weighted by molar-refractivity contribution is 6.51. The number of Topliss-reactive ketones (excluding diaryl/α,β-unsaturated/α-hetero) is 1. The molecule has 156 valence electrons. The molecule has 3 aromatic rings. The van der Waals surface area contributed by atoms with Crippen LogP contribution in [-0.4, -0.2) is 21.8 Å². The van der Waals surface area contributed by atoms with E-state index < -0.39 is 17.7 Å². The van der Waals surface area contributed by atoms with Gasteiger partial charge in [-0.05, 0) is 48.7 Å². The fourth-order valence-corrected chi connectivity index (χ4v) is 3.88. The van der Waals surface area contributed by atoms with E-state index in [9.17, 15) is 14.7 Å². The number of anilines is 1. The average molecular weight is 433 g/mol. The maximum atomic E-state index is 13.1. The van der Waals surface area contributed by atoms with Crippen LogP contribution < -0.4 is 4.90 Å². The van der Waals surface area contributed by atoms with E-state index in [0.717, 1.165) is 17.5 Å². The Morgan fingerprint density at radius 1 is 1.10 bits per heavy atom. The summed E-state index contributed by atoms with van der Waals surface area (Å²) in [6.45, 7) is 3.89. The van der Waals surface area contributed by atoms with Gasteiger partial charge in [0.1, 0.15) is 11.8 Å². The molecule has 0 saturated carbocycles. The van der Waals surface area contributed by atoms with Crippen LogP contribution in [0.25, 0.3) is 5.76 Å². The number of carbonyl (C=O) groups excluding carboxylic acids is 2. The van der Waals surface area contributed by atoms with Crippen LogP contribution in [0.15, 0.2) is 72.4 Å². The molecule has 0 spiro atoms. The zero-order chi connectivity index (χ0) is 22.1. The SMILES string of the molecule is CCc1ccc(/C(O)=C2\C(=O)C(=O)N(c3ccc(C)c(Cl)c3)C2c2ccccn2)cc1. The molecule has 31 heavy (non-hydrogen) atoms. The Morgan fingerprint density at radius 3 is 2.45 bits per heavy atom. The third-order valence-corrected chi connectivity index (χ3v) is 5.89. The van der Waals surface area contributed by atoms with E-state index in [1.165, 1.54) is 4.90 Å². The van der Waals surface area contributed by atoms with Crippen LogP contribution in [-0.2, 0) is 16.0 Å². The Hall–Kier alpha value is -3.44. The molecule has 1 aromatic heterocycles. The number of hydrogen-bond donors (Lipinski definition) is 1. The first kappa shape index (κ1) is 20.8. The molecule has 1 unspecified atom stereocenters. The lowest BCUT2D eigenvalue weighted by Crippen LogP contribution is -2.29. The van der Waals surface area contributed by atoms with Gasteiger partial charge in [-0.2, -0.15) is 0 Å². The lowest BCUT2D eigenvalue weighted by molar-refractivity contribution is -0.132. The number of aliphatic hydroxyl groups is 1. The van der Waals surface area contributed by atoms with Crippen LogP contribution in [0.4, 0.5) is 5.69 Å². The fraction of sp³-hybridized carbons (Fsp3) is 0.160. The van der Waals surface area contributed by atoms with Crippen molar-refractivity contribution in [1.29, 1.82) is 0 Å². The summed E-state index contributed by atoms with van der Waals surface area (Å²) in [5.41, 5.74) is 3.38. The molecule has 1 amide bonds. The highest BCUT2D eigenvalue weighted by Crippen LogP contribution is 2.42. The number of ketones is 1. The molecule has 1 N–H and O–H groups in total. The highest BCUT2D eigenvalue weighted by Gasteiger charge is 2.47. The molecule has 1 aliphatic heterocycles. The number of rotatable bonds is 4. The minimum Gasteiger partial charge on any atom is -0.507 e. The summed E-state index contributed by atoms with van der Waals surface area (Å²) in [6.07, 6.45) is 2.45. The van der Waals surface area contributed by atoms with E-state index in [1.54, 1.807) is 54.7 Å². The lowest BCUT2D eigenvalue weighted by atomic mass is 9.97. The molecule has 2 heterocycles. The number of aliphatic hydroxyl groups excluding tert-OH is 1. The van der Waals surface area contributed by atoms with Crippen molar-refractivity contribution in [2.45, 2.75) is 26.3 Å². The summed E-state index contributed by atoms with van der Waals surface area (Å²) in [5, 5.41) is 11.6. The molecule has 5 nitrogen and oxygen atoms in total. The molecule has 1 saturated heterocycles. The van der Waals surface area contributed by atoms with Crippen molar-refractivity contribution in [2.75, 3.05) is 4.90 Å². The van der Waals surface area contributed by atoms with Gasteiger partial charge in [-0.3, -0.25) is 19.5 Å². The number of carbonyl (C=O) groups is 2. The van der Waals surface area contributed by atoms with Crippen LogP contribution >= 0.6 is 11.6 Å². The van der Waals surface area contributed by atoms with Crippen molar-refractivity contribution < 1.29 is 14.7 Å². The second-order valence-corrected chi connectivity index (χ2v) is 7.81. The van der Waals surface area contributed by atoms with E-state index in [1.807, 2.05) is 26.0 Å². The minimum atomic E-state index is -0.870.